The van der Waals surface area contributed by atoms with Crippen LogP contribution in [0.25, 0.3) is 21.8 Å². The maximum Gasteiger partial charge on any atom is 0.173 e. The highest BCUT2D eigenvalue weighted by molar-refractivity contribution is 7.80. The van der Waals surface area contributed by atoms with Crippen LogP contribution in [-0.4, -0.2) is 33.1 Å². The Bertz CT molecular complexity index is 1160. The van der Waals surface area contributed by atoms with E-state index in [0.717, 1.165) is 52.1 Å². The zero-order valence-electron chi connectivity index (χ0n) is 15.4. The number of pyridine rings is 2. The van der Waals surface area contributed by atoms with Crippen LogP contribution in [0.2, 0.25) is 0 Å². The van der Waals surface area contributed by atoms with Crippen LogP contribution < -0.4 is 5.32 Å². The largest absolute Gasteiger partial charge is 0.348 e. The van der Waals surface area contributed by atoms with Crippen LogP contribution in [0.4, 0.5) is 5.69 Å². The zero-order chi connectivity index (χ0) is 18.9. The number of benzene rings is 2. The summed E-state index contributed by atoms with van der Waals surface area (Å²) in [6.45, 7) is 1.91. The van der Waals surface area contributed by atoms with Gasteiger partial charge in [0.1, 0.15) is 0 Å². The predicted molar refractivity (Wildman–Crippen MR) is 119 cm³/mol. The molecule has 1 N–H and O–H groups in total. The number of thiocarbonyl (C=S) groups is 1. The van der Waals surface area contributed by atoms with E-state index < -0.39 is 0 Å². The van der Waals surface area contributed by atoms with Gasteiger partial charge in [0.2, 0.25) is 0 Å². The molecule has 1 aliphatic heterocycles. The zero-order valence-corrected chi connectivity index (χ0v) is 16.2. The second kappa shape index (κ2) is 7.17. The van der Waals surface area contributed by atoms with Crippen molar-refractivity contribution in [3.63, 3.8) is 0 Å². The van der Waals surface area contributed by atoms with Crippen LogP contribution >= 0.6 is 12.2 Å². The predicted octanol–water partition coefficient (Wildman–Crippen LogP) is 4.97. The molecule has 1 fully saturated rings. The molecule has 0 radical (unpaired) electrons. The molecular formula is C23H20N4S. The molecule has 1 saturated heterocycles. The molecular weight excluding hydrogens is 364 g/mol. The minimum absolute atomic E-state index is 0.528. The Labute approximate surface area is 169 Å². The first-order chi connectivity index (χ1) is 13.8. The molecule has 1 aliphatic rings. The number of likely N-dealkylation sites (tertiary alicyclic amines) is 1. The number of fused-ring (bicyclic) bond motifs is 3. The number of rotatable bonds is 2. The van der Waals surface area contributed by atoms with Crippen molar-refractivity contribution in [1.29, 1.82) is 0 Å². The molecule has 5 heteroatoms. The second-order valence-electron chi connectivity index (χ2n) is 7.17. The van der Waals surface area contributed by atoms with Gasteiger partial charge in [-0.3, -0.25) is 9.97 Å². The lowest BCUT2D eigenvalue weighted by atomic mass is 9.99. The van der Waals surface area contributed by atoms with Crippen molar-refractivity contribution in [2.75, 3.05) is 18.4 Å². The Morgan fingerprint density at radius 2 is 1.75 bits per heavy atom. The highest BCUT2D eigenvalue weighted by atomic mass is 32.1. The van der Waals surface area contributed by atoms with E-state index in [4.69, 9.17) is 12.2 Å². The Balaban J connectivity index is 1.43. The van der Waals surface area contributed by atoms with E-state index in [1.165, 1.54) is 5.56 Å². The van der Waals surface area contributed by atoms with Crippen molar-refractivity contribution in [3.05, 3.63) is 78.6 Å². The summed E-state index contributed by atoms with van der Waals surface area (Å²) in [6, 6.07) is 20.8. The summed E-state index contributed by atoms with van der Waals surface area (Å²) in [6.07, 6.45) is 4.74. The third-order valence-corrected chi connectivity index (χ3v) is 5.81. The van der Waals surface area contributed by atoms with Gasteiger partial charge < -0.3 is 10.2 Å². The number of nitrogens with one attached hydrogen (secondary N) is 1. The Hall–Kier alpha value is -3.05. The molecule has 28 heavy (non-hydrogen) atoms. The smallest absolute Gasteiger partial charge is 0.173 e. The SMILES string of the molecule is S=C(Nc1cc2cccnc2c2ncccc12)N1CCC(c2ccccc2)C1. The van der Waals surface area contributed by atoms with Gasteiger partial charge in [0.25, 0.3) is 0 Å². The third kappa shape index (κ3) is 3.08. The van der Waals surface area contributed by atoms with Crippen LogP contribution in [0.15, 0.2) is 73.1 Å². The van der Waals surface area contributed by atoms with Crippen molar-refractivity contribution in [3.8, 4) is 0 Å². The van der Waals surface area contributed by atoms with Gasteiger partial charge in [-0.1, -0.05) is 36.4 Å². The van der Waals surface area contributed by atoms with Crippen molar-refractivity contribution in [2.45, 2.75) is 12.3 Å². The average molecular weight is 385 g/mol. The van der Waals surface area contributed by atoms with Crippen LogP contribution in [0, 0.1) is 0 Å². The summed E-state index contributed by atoms with van der Waals surface area (Å²) in [7, 11) is 0. The van der Waals surface area contributed by atoms with E-state index in [0.29, 0.717) is 5.92 Å². The molecule has 0 aliphatic carbocycles. The first-order valence-corrected chi connectivity index (χ1v) is 9.94. The first kappa shape index (κ1) is 17.1. The van der Waals surface area contributed by atoms with Crippen molar-refractivity contribution in [2.24, 2.45) is 0 Å². The summed E-state index contributed by atoms with van der Waals surface area (Å²) in [5.74, 6) is 0.528. The quantitative estimate of drug-likeness (QED) is 0.390. The van der Waals surface area contributed by atoms with E-state index in [2.05, 4.69) is 68.7 Å². The van der Waals surface area contributed by atoms with Crippen molar-refractivity contribution in [1.82, 2.24) is 14.9 Å². The van der Waals surface area contributed by atoms with Gasteiger partial charge in [-0.25, -0.2) is 0 Å². The topological polar surface area (TPSA) is 41.1 Å². The lowest BCUT2D eigenvalue weighted by molar-refractivity contribution is 0.519. The molecule has 0 amide bonds. The minimum Gasteiger partial charge on any atom is -0.348 e. The number of anilines is 1. The van der Waals surface area contributed by atoms with Crippen LogP contribution in [0.3, 0.4) is 0 Å². The first-order valence-electron chi connectivity index (χ1n) is 9.53. The Kier molecular flexibility index (Phi) is 4.37. The fourth-order valence-electron chi connectivity index (χ4n) is 4.02. The van der Waals surface area contributed by atoms with Crippen LogP contribution in [-0.2, 0) is 0 Å². The highest BCUT2D eigenvalue weighted by Crippen LogP contribution is 2.31. The van der Waals surface area contributed by atoms with Gasteiger partial charge in [-0.05, 0) is 48.5 Å². The van der Waals surface area contributed by atoms with E-state index >= 15 is 0 Å². The average Bonchev–Trinajstić information content (AvgIpc) is 3.25. The fourth-order valence-corrected chi connectivity index (χ4v) is 4.29. The number of hydrogen-bond acceptors (Lipinski definition) is 3. The molecule has 4 aromatic rings. The lowest BCUT2D eigenvalue weighted by Crippen LogP contribution is -2.32. The second-order valence-corrected chi connectivity index (χ2v) is 7.56. The molecule has 1 unspecified atom stereocenters. The van der Waals surface area contributed by atoms with Gasteiger partial charge in [-0.15, -0.1) is 0 Å². The van der Waals surface area contributed by atoms with Gasteiger partial charge in [-0.2, -0.15) is 0 Å². The molecule has 0 spiro atoms. The molecule has 2 aromatic heterocycles. The van der Waals surface area contributed by atoms with Gasteiger partial charge in [0.15, 0.2) is 5.11 Å². The molecule has 5 rings (SSSR count). The Morgan fingerprint density at radius 1 is 0.964 bits per heavy atom. The summed E-state index contributed by atoms with van der Waals surface area (Å²) in [5, 5.41) is 6.35. The molecule has 0 saturated carbocycles. The van der Waals surface area contributed by atoms with Gasteiger partial charge in [0.05, 0.1) is 16.7 Å². The van der Waals surface area contributed by atoms with Crippen LogP contribution in [0.5, 0.6) is 0 Å². The summed E-state index contributed by atoms with van der Waals surface area (Å²) < 4.78 is 0. The molecule has 1 atom stereocenters. The van der Waals surface area contributed by atoms with E-state index in [1.807, 2.05) is 24.5 Å². The monoisotopic (exact) mass is 384 g/mol. The lowest BCUT2D eigenvalue weighted by Gasteiger charge is -2.21. The summed E-state index contributed by atoms with van der Waals surface area (Å²) in [5.41, 5.74) is 4.19. The molecule has 4 nitrogen and oxygen atoms in total. The van der Waals surface area contributed by atoms with E-state index in [-0.39, 0.29) is 0 Å². The molecule has 2 aromatic carbocycles. The van der Waals surface area contributed by atoms with E-state index in [1.54, 1.807) is 0 Å². The molecule has 138 valence electrons. The normalized spacial score (nSPS) is 16.6. The van der Waals surface area contributed by atoms with Crippen molar-refractivity contribution >= 4 is 44.8 Å². The highest BCUT2D eigenvalue weighted by Gasteiger charge is 2.25. The Morgan fingerprint density at radius 3 is 2.61 bits per heavy atom. The van der Waals surface area contributed by atoms with Crippen LogP contribution in [0.1, 0.15) is 17.9 Å². The minimum atomic E-state index is 0.528. The molecule has 0 bridgehead atoms. The standard InChI is InChI=1S/C23H20N4S/c28-23(27-13-10-18(15-27)16-6-2-1-3-7-16)26-20-14-17-8-4-11-24-21(17)22-19(20)9-5-12-25-22/h1-9,11-12,14,18H,10,13,15H2,(H,26,28). The van der Waals surface area contributed by atoms with E-state index in [9.17, 15) is 0 Å². The van der Waals surface area contributed by atoms with Gasteiger partial charge >= 0.3 is 0 Å². The number of aromatic nitrogens is 2. The third-order valence-electron chi connectivity index (χ3n) is 5.45. The fraction of sp³-hybridized carbons (Fsp3) is 0.174. The summed E-state index contributed by atoms with van der Waals surface area (Å²) >= 11 is 5.76. The van der Waals surface area contributed by atoms with Gasteiger partial charge in [0, 0.05) is 42.2 Å². The maximum absolute atomic E-state index is 5.76. The van der Waals surface area contributed by atoms with Crippen molar-refractivity contribution < 1.29 is 0 Å². The number of hydrogen-bond donors (Lipinski definition) is 1. The summed E-state index contributed by atoms with van der Waals surface area (Å²) in [4.78, 5) is 11.4. The maximum atomic E-state index is 5.76. The molecule has 3 heterocycles. The number of nitrogens with zero attached hydrogens (tertiary/aromatic N) is 3.